The second-order valence-corrected chi connectivity index (χ2v) is 22.4. The van der Waals surface area contributed by atoms with E-state index in [4.69, 9.17) is 9.72 Å². The molecule has 3 N–H and O–H groups in total. The molecule has 0 bridgehead atoms. The smallest absolute Gasteiger partial charge is 0.343 e. The molecule has 7 heterocycles. The van der Waals surface area contributed by atoms with Crippen molar-refractivity contribution >= 4 is 64.6 Å². The summed E-state index contributed by atoms with van der Waals surface area (Å²) < 4.78 is 7.08. The van der Waals surface area contributed by atoms with Gasteiger partial charge in [0.15, 0.2) is 0 Å². The number of unbranched alkanes of at least 4 members (excludes halogenated alkanes) is 1. The van der Waals surface area contributed by atoms with Crippen LogP contribution in [0.2, 0.25) is 0 Å². The summed E-state index contributed by atoms with van der Waals surface area (Å²) in [6.45, 7) is 13.2. The fourth-order valence-electron chi connectivity index (χ4n) is 13.1. The van der Waals surface area contributed by atoms with Crippen LogP contribution >= 0.6 is 0 Å². The van der Waals surface area contributed by atoms with Gasteiger partial charge in [0, 0.05) is 115 Å². The SMILES string of the molecule is CCOC(=O)c1c(C)nc(Nc2cnn(C)c2)nc1NC1CCC(N2CCN(C(=O)C3CCC(C(=O)N4CCC(CCCCN5CCN(c6ccc7c(c6)C(=O)N(C6CCC(=O)NC6=O)C7=O)CC5)CC4)CC3)CC2)CC1. The van der Waals surface area contributed by atoms with Crippen LogP contribution in [-0.2, 0) is 31.0 Å². The lowest BCUT2D eigenvalue weighted by molar-refractivity contribution is -0.143. The van der Waals surface area contributed by atoms with Gasteiger partial charge in [0.2, 0.25) is 29.6 Å². The second kappa shape index (κ2) is 24.0. The summed E-state index contributed by atoms with van der Waals surface area (Å²) >= 11 is 0. The number of piperidine rings is 2. The van der Waals surface area contributed by atoms with E-state index in [2.05, 4.69) is 50.5 Å². The van der Waals surface area contributed by atoms with Gasteiger partial charge < -0.3 is 30.1 Å². The number of benzene rings is 1. The third-order valence-corrected chi connectivity index (χ3v) is 17.6. The molecule has 4 saturated heterocycles. The Balaban J connectivity index is 0.587. The Labute approximate surface area is 451 Å². The molecule has 1 atom stereocenters. The molecule has 21 heteroatoms. The van der Waals surface area contributed by atoms with E-state index in [1.165, 1.54) is 6.42 Å². The first-order valence-electron chi connectivity index (χ1n) is 28.5. The van der Waals surface area contributed by atoms with Gasteiger partial charge in [-0.1, -0.05) is 12.8 Å². The molecule has 2 aromatic heterocycles. The largest absolute Gasteiger partial charge is 0.462 e. The number of esters is 1. The Morgan fingerprint density at radius 1 is 0.753 bits per heavy atom. The number of imide groups is 2. The highest BCUT2D eigenvalue weighted by molar-refractivity contribution is 6.23. The fourth-order valence-corrected chi connectivity index (χ4v) is 13.1. The van der Waals surface area contributed by atoms with Crippen molar-refractivity contribution in [3.05, 3.63) is 53.0 Å². The first kappa shape index (κ1) is 53.9. The average molecular weight is 1060 g/mol. The van der Waals surface area contributed by atoms with Crippen molar-refractivity contribution in [3.8, 4) is 0 Å². The Kier molecular flexibility index (Phi) is 16.8. The zero-order valence-corrected chi connectivity index (χ0v) is 45.2. The Bertz CT molecular complexity index is 2670. The Hall–Kier alpha value is -6.48. The van der Waals surface area contributed by atoms with E-state index in [9.17, 15) is 33.6 Å². The number of hydrogen-bond donors (Lipinski definition) is 3. The fraction of sp³-hybridized carbons (Fsp3) is 0.643. The standard InChI is InChI=1S/C56H77N13O8/c1-4-77-55(76)48-36(2)58-56(60-41-34-57-63(3)35-41)62-49(48)59-40-12-14-42(15-13-40)65-29-31-68(32-30-65)52(73)39-10-8-38(9-11-39)51(72)67-23-20-37(21-24-67)7-5-6-22-64-25-27-66(28-26-64)43-16-17-44-45(33-43)54(75)69(53(44)74)46-18-19-47(70)61-50(46)71/h16-17,33-35,37-40,42,46H,4-15,18-32H2,1-3H3,(H,61,70,71)(H2,58,59,60,62). The molecule has 414 valence electrons. The molecular weight excluding hydrogens is 983 g/mol. The lowest BCUT2D eigenvalue weighted by Crippen LogP contribution is -2.54. The van der Waals surface area contributed by atoms with Gasteiger partial charge >= 0.3 is 5.97 Å². The maximum Gasteiger partial charge on any atom is 0.343 e. The van der Waals surface area contributed by atoms with Gasteiger partial charge in [0.05, 0.1) is 35.3 Å². The quantitative estimate of drug-likeness (QED) is 0.1000. The van der Waals surface area contributed by atoms with Gasteiger partial charge in [-0.3, -0.25) is 53.5 Å². The van der Waals surface area contributed by atoms with E-state index in [0.717, 1.165) is 165 Å². The topological polar surface area (TPSA) is 228 Å². The van der Waals surface area contributed by atoms with E-state index >= 15 is 0 Å². The minimum absolute atomic E-state index is 0.00177. The molecule has 77 heavy (non-hydrogen) atoms. The molecule has 1 unspecified atom stereocenters. The van der Waals surface area contributed by atoms with Crippen LogP contribution in [0.4, 0.5) is 23.1 Å². The van der Waals surface area contributed by atoms with Crippen molar-refractivity contribution in [2.45, 2.75) is 128 Å². The highest BCUT2D eigenvalue weighted by atomic mass is 16.5. The van der Waals surface area contributed by atoms with E-state index in [1.54, 1.807) is 36.9 Å². The highest BCUT2D eigenvalue weighted by Crippen LogP contribution is 2.36. The van der Waals surface area contributed by atoms with Gasteiger partial charge in [0.1, 0.15) is 17.4 Å². The summed E-state index contributed by atoms with van der Waals surface area (Å²) in [4.78, 5) is 113. The summed E-state index contributed by atoms with van der Waals surface area (Å²) in [5.74, 6) is -0.343. The molecule has 6 fully saturated rings. The number of hydrogen-bond acceptors (Lipinski definition) is 16. The molecule has 10 rings (SSSR count). The van der Waals surface area contributed by atoms with E-state index in [0.29, 0.717) is 46.1 Å². The van der Waals surface area contributed by atoms with Crippen LogP contribution in [0.5, 0.6) is 0 Å². The molecule has 1 aromatic carbocycles. The summed E-state index contributed by atoms with van der Waals surface area (Å²) in [6.07, 6.45) is 16.4. The number of likely N-dealkylation sites (tertiary alicyclic amines) is 1. The van der Waals surface area contributed by atoms with Crippen molar-refractivity contribution in [2.75, 3.05) is 94.1 Å². The number of anilines is 4. The van der Waals surface area contributed by atoms with Crippen LogP contribution in [-0.4, -0.2) is 182 Å². The molecular formula is C56H77N13O8. The number of ether oxygens (including phenoxy) is 1. The minimum Gasteiger partial charge on any atom is -0.462 e. The molecule has 3 aromatic rings. The number of amides is 6. The van der Waals surface area contributed by atoms with E-state index < -0.39 is 35.6 Å². The zero-order chi connectivity index (χ0) is 53.7. The average Bonchev–Trinajstić information content (AvgIpc) is 4.00. The summed E-state index contributed by atoms with van der Waals surface area (Å²) in [5, 5.41) is 13.2. The Morgan fingerprint density at radius 3 is 2.08 bits per heavy atom. The number of nitrogens with zero attached hydrogens (tertiary/aromatic N) is 10. The zero-order valence-electron chi connectivity index (χ0n) is 45.2. The van der Waals surface area contributed by atoms with Gasteiger partial charge in [-0.25, -0.2) is 9.78 Å². The van der Waals surface area contributed by atoms with E-state index in [1.807, 2.05) is 19.3 Å². The molecule has 0 radical (unpaired) electrons. The normalized spacial score (nSPS) is 24.9. The second-order valence-electron chi connectivity index (χ2n) is 22.4. The first-order chi connectivity index (χ1) is 37.3. The number of fused-ring (bicyclic) bond motifs is 1. The van der Waals surface area contributed by atoms with Crippen LogP contribution in [0.3, 0.4) is 0 Å². The monoisotopic (exact) mass is 1060 g/mol. The van der Waals surface area contributed by atoms with Crippen LogP contribution in [0.25, 0.3) is 0 Å². The molecule has 21 nitrogen and oxygen atoms in total. The molecule has 7 aliphatic rings. The van der Waals surface area contributed by atoms with Gasteiger partial charge in [-0.05, 0) is 122 Å². The first-order valence-corrected chi connectivity index (χ1v) is 28.5. The molecule has 2 saturated carbocycles. The minimum atomic E-state index is -0.973. The number of aryl methyl sites for hydroxylation is 2. The van der Waals surface area contributed by atoms with Crippen molar-refractivity contribution in [1.82, 2.24) is 49.6 Å². The van der Waals surface area contributed by atoms with Crippen LogP contribution in [0, 0.1) is 24.7 Å². The lowest BCUT2D eigenvalue weighted by Gasteiger charge is -2.43. The highest BCUT2D eigenvalue weighted by Gasteiger charge is 2.45. The van der Waals surface area contributed by atoms with Crippen LogP contribution in [0.15, 0.2) is 30.6 Å². The van der Waals surface area contributed by atoms with Crippen LogP contribution < -0.4 is 20.9 Å². The van der Waals surface area contributed by atoms with Crippen molar-refractivity contribution in [1.29, 1.82) is 0 Å². The van der Waals surface area contributed by atoms with E-state index in [-0.39, 0.29) is 49.1 Å². The third kappa shape index (κ3) is 12.3. The predicted octanol–water partition coefficient (Wildman–Crippen LogP) is 4.74. The third-order valence-electron chi connectivity index (χ3n) is 17.6. The van der Waals surface area contributed by atoms with Gasteiger partial charge in [-0.15, -0.1) is 0 Å². The Morgan fingerprint density at radius 2 is 1.43 bits per heavy atom. The van der Waals surface area contributed by atoms with Crippen molar-refractivity contribution in [2.24, 2.45) is 24.8 Å². The molecule has 5 aliphatic heterocycles. The number of rotatable bonds is 16. The number of nitrogens with one attached hydrogen (secondary N) is 3. The lowest BCUT2D eigenvalue weighted by atomic mass is 9.80. The molecule has 2 aliphatic carbocycles. The van der Waals surface area contributed by atoms with Gasteiger partial charge in [-0.2, -0.15) is 10.1 Å². The van der Waals surface area contributed by atoms with Crippen molar-refractivity contribution < 1.29 is 38.3 Å². The number of aromatic nitrogens is 4. The predicted molar refractivity (Wildman–Crippen MR) is 287 cm³/mol. The number of carbonyl (C=O) groups excluding carboxylic acids is 7. The maximum atomic E-state index is 13.8. The summed E-state index contributed by atoms with van der Waals surface area (Å²) in [7, 11) is 1.84. The van der Waals surface area contributed by atoms with Crippen molar-refractivity contribution in [3.63, 3.8) is 0 Å². The molecule has 6 amide bonds. The van der Waals surface area contributed by atoms with Crippen LogP contribution in [0.1, 0.15) is 140 Å². The summed E-state index contributed by atoms with van der Waals surface area (Å²) in [5.41, 5.74) is 3.14. The summed E-state index contributed by atoms with van der Waals surface area (Å²) in [6, 6.07) is 4.96. The maximum absolute atomic E-state index is 13.8. The number of carbonyl (C=O) groups is 7. The molecule has 0 spiro atoms. The van der Waals surface area contributed by atoms with Gasteiger partial charge in [0.25, 0.3) is 11.8 Å². The number of piperazine rings is 2.